The fourth-order valence-electron chi connectivity index (χ4n) is 1.39. The first kappa shape index (κ1) is 12.6. The zero-order valence-corrected chi connectivity index (χ0v) is 11.1. The fraction of sp³-hybridized carbons (Fsp3) is 0.182. The van der Waals surface area contributed by atoms with Crippen molar-refractivity contribution in [2.45, 2.75) is 6.61 Å². The maximum Gasteiger partial charge on any atom is 0.339 e. The highest BCUT2D eigenvalue weighted by Gasteiger charge is 2.12. The van der Waals surface area contributed by atoms with Crippen molar-refractivity contribution < 1.29 is 14.6 Å². The lowest BCUT2D eigenvalue weighted by Crippen LogP contribution is -2.07. The van der Waals surface area contributed by atoms with Crippen molar-refractivity contribution in [3.8, 4) is 5.75 Å². The van der Waals surface area contributed by atoms with Crippen molar-refractivity contribution in [1.82, 2.24) is 14.8 Å². The molecule has 0 amide bonds. The highest BCUT2D eigenvalue weighted by molar-refractivity contribution is 9.10. The predicted octanol–water partition coefficient (Wildman–Crippen LogP) is 1.85. The molecule has 0 aliphatic rings. The number of carbonyl (C=O) groups is 1. The third-order valence-electron chi connectivity index (χ3n) is 2.33. The van der Waals surface area contributed by atoms with Crippen molar-refractivity contribution in [2.75, 3.05) is 0 Å². The zero-order chi connectivity index (χ0) is 13.1. The van der Waals surface area contributed by atoms with Gasteiger partial charge in [-0.1, -0.05) is 15.9 Å². The largest absolute Gasteiger partial charge is 0.485 e. The van der Waals surface area contributed by atoms with E-state index in [1.807, 2.05) is 0 Å². The van der Waals surface area contributed by atoms with Crippen LogP contribution in [0.2, 0.25) is 0 Å². The summed E-state index contributed by atoms with van der Waals surface area (Å²) in [6.45, 7) is 0.165. The van der Waals surface area contributed by atoms with Gasteiger partial charge >= 0.3 is 5.97 Å². The first-order valence-corrected chi connectivity index (χ1v) is 5.85. The van der Waals surface area contributed by atoms with Crippen LogP contribution in [-0.4, -0.2) is 25.8 Å². The Morgan fingerprint density at radius 3 is 2.94 bits per heavy atom. The van der Waals surface area contributed by atoms with E-state index in [9.17, 15) is 4.79 Å². The van der Waals surface area contributed by atoms with Gasteiger partial charge in [0.1, 0.15) is 24.2 Å². The fourth-order valence-corrected chi connectivity index (χ4v) is 1.75. The summed E-state index contributed by atoms with van der Waals surface area (Å²) in [6.07, 6.45) is 1.42. The average Bonchev–Trinajstić information content (AvgIpc) is 2.73. The van der Waals surface area contributed by atoms with E-state index in [1.54, 1.807) is 23.9 Å². The second kappa shape index (κ2) is 5.18. The Hall–Kier alpha value is -1.89. The van der Waals surface area contributed by atoms with Gasteiger partial charge in [-0.15, -0.1) is 0 Å². The minimum Gasteiger partial charge on any atom is -0.485 e. The summed E-state index contributed by atoms with van der Waals surface area (Å²) >= 11 is 3.22. The van der Waals surface area contributed by atoms with E-state index in [-0.39, 0.29) is 12.2 Å². The van der Waals surface area contributed by atoms with Crippen LogP contribution in [0.5, 0.6) is 5.75 Å². The number of benzene rings is 1. The molecular formula is C11H10BrN3O3. The van der Waals surface area contributed by atoms with Crippen LogP contribution in [0.4, 0.5) is 0 Å². The Kier molecular flexibility index (Phi) is 3.61. The van der Waals surface area contributed by atoms with E-state index < -0.39 is 5.97 Å². The monoisotopic (exact) mass is 311 g/mol. The lowest BCUT2D eigenvalue weighted by molar-refractivity contribution is 0.0691. The Morgan fingerprint density at radius 2 is 2.33 bits per heavy atom. The van der Waals surface area contributed by atoms with Crippen molar-refractivity contribution in [3.05, 3.63) is 40.4 Å². The van der Waals surface area contributed by atoms with Crippen LogP contribution >= 0.6 is 15.9 Å². The van der Waals surface area contributed by atoms with Gasteiger partial charge in [-0.05, 0) is 18.2 Å². The molecule has 2 rings (SSSR count). The SMILES string of the molecule is Cn1ncnc1COc1ccc(Br)cc1C(=O)O. The molecule has 6 nitrogen and oxygen atoms in total. The third-order valence-corrected chi connectivity index (χ3v) is 2.83. The van der Waals surface area contributed by atoms with Gasteiger partial charge in [0.15, 0.2) is 5.82 Å². The van der Waals surface area contributed by atoms with E-state index in [0.29, 0.717) is 16.0 Å². The van der Waals surface area contributed by atoms with Gasteiger partial charge in [0.2, 0.25) is 0 Å². The van der Waals surface area contributed by atoms with Crippen molar-refractivity contribution >= 4 is 21.9 Å². The van der Waals surface area contributed by atoms with Gasteiger partial charge in [0, 0.05) is 11.5 Å². The van der Waals surface area contributed by atoms with Crippen molar-refractivity contribution in [1.29, 1.82) is 0 Å². The second-order valence-electron chi connectivity index (χ2n) is 3.53. The predicted molar refractivity (Wildman–Crippen MR) is 66.4 cm³/mol. The normalized spacial score (nSPS) is 10.3. The summed E-state index contributed by atoms with van der Waals surface area (Å²) in [7, 11) is 1.74. The summed E-state index contributed by atoms with van der Waals surface area (Å²) in [4.78, 5) is 15.1. The lowest BCUT2D eigenvalue weighted by Gasteiger charge is -2.08. The molecule has 7 heteroatoms. The molecule has 0 radical (unpaired) electrons. The molecule has 0 unspecified atom stereocenters. The minimum absolute atomic E-state index is 0.103. The molecule has 0 aliphatic heterocycles. The molecular weight excluding hydrogens is 302 g/mol. The number of aromatic nitrogens is 3. The molecule has 0 saturated carbocycles. The van der Waals surface area contributed by atoms with E-state index in [4.69, 9.17) is 9.84 Å². The summed E-state index contributed by atoms with van der Waals surface area (Å²) in [5, 5.41) is 13.0. The molecule has 0 spiro atoms. The smallest absolute Gasteiger partial charge is 0.339 e. The molecule has 0 saturated heterocycles. The van der Waals surface area contributed by atoms with Gasteiger partial charge in [0.05, 0.1) is 0 Å². The molecule has 0 aliphatic carbocycles. The minimum atomic E-state index is -1.04. The molecule has 0 fully saturated rings. The Morgan fingerprint density at radius 1 is 1.56 bits per heavy atom. The average molecular weight is 312 g/mol. The number of aromatic carboxylic acids is 1. The van der Waals surface area contributed by atoms with E-state index >= 15 is 0 Å². The van der Waals surface area contributed by atoms with Crippen LogP contribution in [0.1, 0.15) is 16.2 Å². The van der Waals surface area contributed by atoms with Gasteiger partial charge in [-0.25, -0.2) is 9.78 Å². The summed E-state index contributed by atoms with van der Waals surface area (Å²) < 4.78 is 7.71. The highest BCUT2D eigenvalue weighted by Crippen LogP contribution is 2.23. The molecule has 0 atom stereocenters. The van der Waals surface area contributed by atoms with Crippen molar-refractivity contribution in [2.24, 2.45) is 7.05 Å². The summed E-state index contributed by atoms with van der Waals surface area (Å²) in [5.41, 5.74) is 0.103. The maximum absolute atomic E-state index is 11.1. The number of hydrogen-bond donors (Lipinski definition) is 1. The number of carboxylic acid groups (broad SMARTS) is 1. The Balaban J connectivity index is 2.19. The molecule has 0 bridgehead atoms. The molecule has 18 heavy (non-hydrogen) atoms. The van der Waals surface area contributed by atoms with Crippen LogP contribution in [0, 0.1) is 0 Å². The van der Waals surface area contributed by atoms with Crippen LogP contribution in [0.15, 0.2) is 29.0 Å². The summed E-state index contributed by atoms with van der Waals surface area (Å²) in [6, 6.07) is 4.82. The molecule has 1 N–H and O–H groups in total. The number of aryl methyl sites for hydroxylation is 1. The maximum atomic E-state index is 11.1. The number of nitrogens with zero attached hydrogens (tertiary/aromatic N) is 3. The number of rotatable bonds is 4. The van der Waals surface area contributed by atoms with Crippen LogP contribution in [0.25, 0.3) is 0 Å². The van der Waals surface area contributed by atoms with E-state index in [0.717, 1.165) is 0 Å². The second-order valence-corrected chi connectivity index (χ2v) is 4.45. The Labute approximate surface area is 111 Å². The van der Waals surface area contributed by atoms with Crippen LogP contribution in [0.3, 0.4) is 0 Å². The number of ether oxygens (including phenoxy) is 1. The molecule has 94 valence electrons. The molecule has 1 heterocycles. The van der Waals surface area contributed by atoms with Crippen molar-refractivity contribution in [3.63, 3.8) is 0 Å². The highest BCUT2D eigenvalue weighted by atomic mass is 79.9. The first-order valence-electron chi connectivity index (χ1n) is 5.06. The Bertz CT molecular complexity index is 583. The van der Waals surface area contributed by atoms with Gasteiger partial charge < -0.3 is 9.84 Å². The number of carboxylic acids is 1. The number of halogens is 1. The summed E-state index contributed by atoms with van der Waals surface area (Å²) in [5.74, 6) is -0.118. The quantitative estimate of drug-likeness (QED) is 0.932. The van der Waals surface area contributed by atoms with E-state index in [1.165, 1.54) is 12.4 Å². The van der Waals surface area contributed by atoms with Gasteiger partial charge in [-0.3, -0.25) is 4.68 Å². The van der Waals surface area contributed by atoms with Gasteiger partial charge in [-0.2, -0.15) is 5.10 Å². The topological polar surface area (TPSA) is 77.2 Å². The molecule has 1 aromatic heterocycles. The zero-order valence-electron chi connectivity index (χ0n) is 9.50. The van der Waals surface area contributed by atoms with Crippen LogP contribution in [-0.2, 0) is 13.7 Å². The number of hydrogen-bond acceptors (Lipinski definition) is 4. The lowest BCUT2D eigenvalue weighted by atomic mass is 10.2. The van der Waals surface area contributed by atoms with E-state index in [2.05, 4.69) is 26.0 Å². The van der Waals surface area contributed by atoms with Gasteiger partial charge in [0.25, 0.3) is 0 Å². The molecule has 1 aromatic carbocycles. The van der Waals surface area contributed by atoms with Crippen LogP contribution < -0.4 is 4.74 Å². The first-order chi connectivity index (χ1) is 8.58. The standard InChI is InChI=1S/C11H10BrN3O3/c1-15-10(13-6-14-15)5-18-9-3-2-7(12)4-8(9)11(16)17/h2-4,6H,5H2,1H3,(H,16,17). The molecule has 2 aromatic rings. The third kappa shape index (κ3) is 2.67.